The lowest BCUT2D eigenvalue weighted by Crippen LogP contribution is -2.22. The van der Waals surface area contributed by atoms with Crippen LogP contribution in [0.5, 0.6) is 0 Å². The Bertz CT molecular complexity index is 2700. The maximum absolute atomic E-state index is 2.48. The van der Waals surface area contributed by atoms with Crippen LogP contribution in [0.4, 0.5) is 11.4 Å². The van der Waals surface area contributed by atoms with Crippen molar-refractivity contribution in [2.45, 2.75) is 32.6 Å². The van der Waals surface area contributed by atoms with Crippen LogP contribution in [0.3, 0.4) is 0 Å². The summed E-state index contributed by atoms with van der Waals surface area (Å²) >= 11 is 0. The first kappa shape index (κ1) is 33.2. The molecule has 55 heavy (non-hydrogen) atoms. The minimum Gasteiger partial charge on any atom is -0.313 e. The molecule has 7 aromatic rings. The molecule has 3 aliphatic carbocycles. The molecule has 0 fully saturated rings. The van der Waals surface area contributed by atoms with Gasteiger partial charge in [0.1, 0.15) is 0 Å². The van der Waals surface area contributed by atoms with Crippen molar-refractivity contribution in [1.82, 2.24) is 4.57 Å². The van der Waals surface area contributed by atoms with Crippen LogP contribution in [0.1, 0.15) is 43.2 Å². The van der Waals surface area contributed by atoms with Crippen LogP contribution in [0.15, 0.2) is 193 Å². The molecule has 0 bridgehead atoms. The zero-order valence-corrected chi connectivity index (χ0v) is 31.7. The van der Waals surface area contributed by atoms with Gasteiger partial charge in [-0.3, -0.25) is 0 Å². The van der Waals surface area contributed by atoms with Gasteiger partial charge in [-0.1, -0.05) is 154 Å². The summed E-state index contributed by atoms with van der Waals surface area (Å²) in [7, 11) is 0. The van der Waals surface area contributed by atoms with E-state index < -0.39 is 0 Å². The summed E-state index contributed by atoms with van der Waals surface area (Å²) in [4.78, 5) is 2.44. The summed E-state index contributed by atoms with van der Waals surface area (Å²) in [6.07, 6.45) is 15.3. The molecule has 2 heteroatoms. The van der Waals surface area contributed by atoms with E-state index in [9.17, 15) is 0 Å². The van der Waals surface area contributed by atoms with E-state index in [1.54, 1.807) is 0 Å². The summed E-state index contributed by atoms with van der Waals surface area (Å²) < 4.78 is 2.47. The summed E-state index contributed by atoms with van der Waals surface area (Å²) in [6.45, 7) is 7.09. The second-order valence-corrected chi connectivity index (χ2v) is 15.8. The number of nitrogens with zero attached hydrogens (tertiary/aromatic N) is 2. The summed E-state index contributed by atoms with van der Waals surface area (Å²) in [5.41, 5.74) is 17.9. The van der Waals surface area contributed by atoms with Gasteiger partial charge in [-0.25, -0.2) is 0 Å². The van der Waals surface area contributed by atoms with Gasteiger partial charge in [0.2, 0.25) is 0 Å². The van der Waals surface area contributed by atoms with E-state index in [1.165, 1.54) is 83.9 Å². The normalized spacial score (nSPS) is 17.9. The molecule has 0 N–H and O–H groups in total. The van der Waals surface area contributed by atoms with Crippen LogP contribution in [0.25, 0.3) is 44.9 Å². The standard InChI is InChI=1S/C53H44N2/c1-36-33-42(54(40-18-8-5-9-19-40)43-30-32-46-45-20-10-12-22-49(45)53(2,3)50(46)35-43)29-31-44(36)39-17-14-24-52-48(34-39)47-21-11-13-23-51(47)55(52)41-27-25-38(26-28-41)37-15-6-4-7-16-37/h4-23,25-36,44H,24H2,1-3H3. The average molecular weight is 709 g/mol. The summed E-state index contributed by atoms with van der Waals surface area (Å²) in [5.74, 6) is 0.543. The molecule has 1 heterocycles. The number of aromatic nitrogens is 1. The number of hydrogen-bond acceptors (Lipinski definition) is 1. The van der Waals surface area contributed by atoms with Crippen LogP contribution >= 0.6 is 0 Å². The number of fused-ring (bicyclic) bond motifs is 6. The SMILES string of the molecule is CC1C=C(N(c2ccccc2)c2ccc3c(c2)C(C)(C)c2ccccc2-3)C=CC1C1=Cc2c(n(-c3ccc(-c4ccccc4)cc3)c3ccccc23)CC=C1. The van der Waals surface area contributed by atoms with E-state index in [1.807, 2.05) is 0 Å². The van der Waals surface area contributed by atoms with Gasteiger partial charge in [-0.15, -0.1) is 0 Å². The maximum Gasteiger partial charge on any atom is 0.0537 e. The van der Waals surface area contributed by atoms with Crippen LogP contribution in [-0.2, 0) is 11.8 Å². The van der Waals surface area contributed by atoms with Crippen LogP contribution in [0, 0.1) is 11.8 Å². The van der Waals surface area contributed by atoms with Gasteiger partial charge in [-0.05, 0) is 99.5 Å². The molecule has 3 aliphatic rings. The topological polar surface area (TPSA) is 8.17 Å². The zero-order valence-electron chi connectivity index (χ0n) is 31.7. The first-order valence-electron chi connectivity index (χ1n) is 19.6. The second-order valence-electron chi connectivity index (χ2n) is 15.8. The van der Waals surface area contributed by atoms with Gasteiger partial charge >= 0.3 is 0 Å². The lowest BCUT2D eigenvalue weighted by Gasteiger charge is -2.32. The zero-order chi connectivity index (χ0) is 37.1. The van der Waals surface area contributed by atoms with Crippen molar-refractivity contribution in [1.29, 1.82) is 0 Å². The lowest BCUT2D eigenvalue weighted by atomic mass is 9.81. The fraction of sp³-hybridized carbons (Fsp3) is 0.132. The van der Waals surface area contributed by atoms with Crippen molar-refractivity contribution in [3.05, 3.63) is 216 Å². The molecular formula is C53H44N2. The Labute approximate surface area is 324 Å². The Morgan fingerprint density at radius 3 is 2.13 bits per heavy atom. The average Bonchev–Trinajstić information content (AvgIpc) is 3.53. The number of hydrogen-bond donors (Lipinski definition) is 0. The smallest absolute Gasteiger partial charge is 0.0537 e. The number of allylic oxidation sites excluding steroid dienone is 6. The van der Waals surface area contributed by atoms with Crippen molar-refractivity contribution in [2.75, 3.05) is 4.90 Å². The first-order chi connectivity index (χ1) is 27.0. The minimum atomic E-state index is -0.0641. The molecule has 0 aliphatic heterocycles. The molecule has 266 valence electrons. The predicted octanol–water partition coefficient (Wildman–Crippen LogP) is 13.6. The fourth-order valence-electron chi connectivity index (χ4n) is 9.36. The predicted molar refractivity (Wildman–Crippen MR) is 232 cm³/mol. The molecule has 0 saturated heterocycles. The molecule has 10 rings (SSSR count). The number of rotatable bonds is 6. The van der Waals surface area contributed by atoms with Crippen molar-refractivity contribution in [2.24, 2.45) is 11.8 Å². The molecule has 2 unspecified atom stereocenters. The second kappa shape index (κ2) is 13.2. The molecule has 0 spiro atoms. The van der Waals surface area contributed by atoms with Gasteiger partial charge < -0.3 is 9.47 Å². The molecule has 2 nitrogen and oxygen atoms in total. The van der Waals surface area contributed by atoms with Crippen molar-refractivity contribution in [3.63, 3.8) is 0 Å². The van der Waals surface area contributed by atoms with Crippen LogP contribution < -0.4 is 4.90 Å². The Hall–Kier alpha value is -6.38. The van der Waals surface area contributed by atoms with Crippen molar-refractivity contribution in [3.8, 4) is 27.9 Å². The molecule has 0 amide bonds. The summed E-state index contributed by atoms with van der Waals surface area (Å²) in [5, 5.41) is 1.30. The van der Waals surface area contributed by atoms with Gasteiger partial charge in [0.05, 0.1) is 5.52 Å². The molecule has 1 aromatic heterocycles. The molecular weight excluding hydrogens is 665 g/mol. The molecule has 0 saturated carbocycles. The lowest BCUT2D eigenvalue weighted by molar-refractivity contribution is 0.583. The number of benzene rings is 6. The minimum absolute atomic E-state index is 0.0641. The van der Waals surface area contributed by atoms with E-state index in [2.05, 4.69) is 218 Å². The molecule has 2 atom stereocenters. The number of anilines is 2. The molecule has 6 aromatic carbocycles. The van der Waals surface area contributed by atoms with Crippen LogP contribution in [-0.4, -0.2) is 4.57 Å². The highest BCUT2D eigenvalue weighted by atomic mass is 15.1. The van der Waals surface area contributed by atoms with Crippen molar-refractivity contribution >= 4 is 28.4 Å². The van der Waals surface area contributed by atoms with Gasteiger partial charge in [-0.2, -0.15) is 0 Å². The third kappa shape index (κ3) is 5.55. The number of para-hydroxylation sites is 2. The Balaban J connectivity index is 1.01. The third-order valence-electron chi connectivity index (χ3n) is 12.1. The molecule has 0 radical (unpaired) electrons. The van der Waals surface area contributed by atoms with Gasteiger partial charge in [0.25, 0.3) is 0 Å². The Morgan fingerprint density at radius 2 is 1.33 bits per heavy atom. The maximum atomic E-state index is 2.48. The highest BCUT2D eigenvalue weighted by Crippen LogP contribution is 2.50. The Morgan fingerprint density at radius 1 is 0.636 bits per heavy atom. The Kier molecular flexibility index (Phi) is 7.96. The fourth-order valence-corrected chi connectivity index (χ4v) is 9.36. The largest absolute Gasteiger partial charge is 0.313 e. The first-order valence-corrected chi connectivity index (χ1v) is 19.6. The van der Waals surface area contributed by atoms with E-state index in [4.69, 9.17) is 0 Å². The van der Waals surface area contributed by atoms with E-state index >= 15 is 0 Å². The highest BCUT2D eigenvalue weighted by Gasteiger charge is 2.36. The van der Waals surface area contributed by atoms with Gasteiger partial charge in [0.15, 0.2) is 0 Å². The van der Waals surface area contributed by atoms with E-state index in [0.717, 1.165) is 6.42 Å². The highest BCUT2D eigenvalue weighted by molar-refractivity contribution is 5.94. The quantitative estimate of drug-likeness (QED) is 0.167. The monoisotopic (exact) mass is 708 g/mol. The third-order valence-corrected chi connectivity index (χ3v) is 12.1. The summed E-state index contributed by atoms with van der Waals surface area (Å²) in [6, 6.07) is 55.3. The van der Waals surface area contributed by atoms with E-state index in [-0.39, 0.29) is 17.3 Å². The van der Waals surface area contributed by atoms with Crippen molar-refractivity contribution < 1.29 is 0 Å². The van der Waals surface area contributed by atoms with Crippen LogP contribution in [0.2, 0.25) is 0 Å². The van der Waals surface area contributed by atoms with E-state index in [0.29, 0.717) is 0 Å². The van der Waals surface area contributed by atoms with Gasteiger partial charge in [0, 0.05) is 57.2 Å².